The highest BCUT2D eigenvalue weighted by Gasteiger charge is 2.25. The zero-order valence-electron chi connectivity index (χ0n) is 10.2. The van der Waals surface area contributed by atoms with Crippen molar-refractivity contribution in [3.05, 3.63) is 12.2 Å². The predicted molar refractivity (Wildman–Crippen MR) is 68.8 cm³/mol. The van der Waals surface area contributed by atoms with Crippen LogP contribution in [0.2, 0.25) is 0 Å². The third-order valence-corrected chi connectivity index (χ3v) is 3.48. The van der Waals surface area contributed by atoms with Crippen LogP contribution in [0.25, 0.3) is 0 Å². The minimum atomic E-state index is -0.874. The van der Waals surface area contributed by atoms with E-state index in [-0.39, 0.29) is 12.1 Å². The van der Waals surface area contributed by atoms with E-state index in [1.54, 1.807) is 18.4 Å². The summed E-state index contributed by atoms with van der Waals surface area (Å²) >= 11 is 0. The lowest BCUT2D eigenvalue weighted by molar-refractivity contribution is -0.140. The second-order valence-corrected chi connectivity index (χ2v) is 5.76. The Morgan fingerprint density at radius 1 is 1.44 bits per heavy atom. The van der Waals surface area contributed by atoms with Crippen LogP contribution in [0.15, 0.2) is 12.2 Å². The van der Waals surface area contributed by atoms with Crippen LogP contribution in [0.1, 0.15) is 12.8 Å². The molecule has 0 heterocycles. The van der Waals surface area contributed by atoms with Crippen LogP contribution >= 0.6 is 0 Å². The third kappa shape index (κ3) is 5.31. The summed E-state index contributed by atoms with van der Waals surface area (Å²) in [6.07, 6.45) is 5.96. The lowest BCUT2D eigenvalue weighted by atomic mass is 10.1. The van der Waals surface area contributed by atoms with Crippen molar-refractivity contribution in [1.82, 2.24) is 10.6 Å². The maximum absolute atomic E-state index is 11.4. The average molecular weight is 274 g/mol. The quantitative estimate of drug-likeness (QED) is 0.472. The summed E-state index contributed by atoms with van der Waals surface area (Å²) in [5.74, 6) is -0.829. The van der Waals surface area contributed by atoms with Crippen LogP contribution in [-0.4, -0.2) is 45.9 Å². The molecule has 3 unspecified atom stereocenters. The first kappa shape index (κ1) is 14.7. The Morgan fingerprint density at radius 3 is 2.72 bits per heavy atom. The number of hydrogen-bond acceptors (Lipinski definition) is 3. The fourth-order valence-corrected chi connectivity index (χ4v) is 2.24. The number of nitrogens with one attached hydrogen (secondary N) is 2. The van der Waals surface area contributed by atoms with Crippen LogP contribution in [0, 0.1) is 5.92 Å². The highest BCUT2D eigenvalue weighted by Crippen LogP contribution is 2.17. The van der Waals surface area contributed by atoms with Gasteiger partial charge in [0.15, 0.2) is 0 Å². The normalized spacial score (nSPS) is 23.6. The predicted octanol–water partition coefficient (Wildman–Crippen LogP) is 0.0835. The molecular formula is C11H18N2O4S. The monoisotopic (exact) mass is 274 g/mol. The number of urea groups is 1. The average Bonchev–Trinajstić information content (AvgIpc) is 2.72. The summed E-state index contributed by atoms with van der Waals surface area (Å²) in [5.41, 5.74) is 0. The fraction of sp³-hybridized carbons (Fsp3) is 0.636. The van der Waals surface area contributed by atoms with Crippen molar-refractivity contribution in [2.45, 2.75) is 18.9 Å². The molecule has 7 heteroatoms. The van der Waals surface area contributed by atoms with Crippen molar-refractivity contribution < 1.29 is 18.9 Å². The fourth-order valence-electron chi connectivity index (χ4n) is 1.69. The van der Waals surface area contributed by atoms with Crippen molar-refractivity contribution in [3.8, 4) is 0 Å². The van der Waals surface area contributed by atoms with Gasteiger partial charge in [0.1, 0.15) is 0 Å². The van der Waals surface area contributed by atoms with Crippen LogP contribution < -0.4 is 10.6 Å². The number of aliphatic carboxylic acids is 1. The molecule has 102 valence electrons. The molecule has 0 aromatic heterocycles. The van der Waals surface area contributed by atoms with E-state index in [9.17, 15) is 13.8 Å². The molecule has 1 aliphatic rings. The zero-order chi connectivity index (χ0) is 13.5. The van der Waals surface area contributed by atoms with Gasteiger partial charge in [0.05, 0.1) is 12.0 Å². The summed E-state index contributed by atoms with van der Waals surface area (Å²) < 4.78 is 10.8. The Bertz CT molecular complexity index is 370. The number of amides is 2. The van der Waals surface area contributed by atoms with Crippen LogP contribution in [0.3, 0.4) is 0 Å². The largest absolute Gasteiger partial charge is 0.481 e. The maximum atomic E-state index is 11.4. The summed E-state index contributed by atoms with van der Waals surface area (Å²) in [7, 11) is -0.842. The SMILES string of the molecule is CS(=O)CCCNC(=O)NC1C=CC(C(=O)O)C1. The molecule has 6 nitrogen and oxygen atoms in total. The van der Waals surface area contributed by atoms with Gasteiger partial charge in [-0.25, -0.2) is 4.79 Å². The molecule has 0 spiro atoms. The Balaban J connectivity index is 2.16. The van der Waals surface area contributed by atoms with Crippen molar-refractivity contribution in [1.29, 1.82) is 0 Å². The summed E-state index contributed by atoms with van der Waals surface area (Å²) in [5, 5.41) is 14.1. The van der Waals surface area contributed by atoms with E-state index in [1.165, 1.54) is 0 Å². The zero-order valence-corrected chi connectivity index (χ0v) is 11.0. The molecule has 0 saturated heterocycles. The van der Waals surface area contributed by atoms with Gasteiger partial charge in [0.25, 0.3) is 0 Å². The molecule has 3 N–H and O–H groups in total. The van der Waals surface area contributed by atoms with Crippen molar-refractivity contribution >= 4 is 22.8 Å². The molecule has 18 heavy (non-hydrogen) atoms. The minimum absolute atomic E-state index is 0.230. The van der Waals surface area contributed by atoms with Crippen LogP contribution in [0.4, 0.5) is 4.79 Å². The summed E-state index contributed by atoms with van der Waals surface area (Å²) in [4.78, 5) is 22.1. The number of carbonyl (C=O) groups excluding carboxylic acids is 1. The highest BCUT2D eigenvalue weighted by atomic mass is 32.2. The van der Waals surface area contributed by atoms with E-state index in [0.717, 1.165) is 0 Å². The Hall–Kier alpha value is -1.37. The molecule has 3 atom stereocenters. The Labute approximate surface area is 108 Å². The molecule has 0 aliphatic heterocycles. The first-order valence-electron chi connectivity index (χ1n) is 5.74. The molecule has 0 aromatic carbocycles. The van der Waals surface area contributed by atoms with Crippen molar-refractivity contribution in [2.24, 2.45) is 5.92 Å². The van der Waals surface area contributed by atoms with E-state index in [2.05, 4.69) is 10.6 Å². The number of carboxylic acid groups (broad SMARTS) is 1. The molecule has 1 aliphatic carbocycles. The molecule has 0 bridgehead atoms. The second-order valence-electron chi connectivity index (χ2n) is 4.20. The van der Waals surface area contributed by atoms with E-state index < -0.39 is 22.7 Å². The Kier molecular flexibility index (Phi) is 5.84. The standard InChI is InChI=1S/C11H18N2O4S/c1-18(17)6-2-5-12-11(16)13-9-4-3-8(7-9)10(14)15/h3-4,8-9H,2,5-7H2,1H3,(H,14,15)(H2,12,13,16). The van der Waals surface area contributed by atoms with E-state index in [1.807, 2.05) is 0 Å². The van der Waals surface area contributed by atoms with E-state index >= 15 is 0 Å². The number of carboxylic acids is 1. The number of carbonyl (C=O) groups is 2. The lowest BCUT2D eigenvalue weighted by Gasteiger charge is -2.12. The van der Waals surface area contributed by atoms with Crippen molar-refractivity contribution in [3.63, 3.8) is 0 Å². The first-order chi connectivity index (χ1) is 8.49. The number of rotatable bonds is 6. The van der Waals surface area contributed by atoms with E-state index in [4.69, 9.17) is 5.11 Å². The van der Waals surface area contributed by atoms with Gasteiger partial charge in [-0.05, 0) is 12.8 Å². The molecule has 0 saturated carbocycles. The van der Waals surface area contributed by atoms with E-state index in [0.29, 0.717) is 25.1 Å². The summed E-state index contributed by atoms with van der Waals surface area (Å²) in [6, 6.07) is -0.552. The van der Waals surface area contributed by atoms with Gasteiger partial charge in [0.2, 0.25) is 0 Å². The smallest absolute Gasteiger partial charge is 0.315 e. The molecule has 0 fully saturated rings. The highest BCUT2D eigenvalue weighted by molar-refractivity contribution is 7.84. The summed E-state index contributed by atoms with van der Waals surface area (Å²) in [6.45, 7) is 0.463. The van der Waals surface area contributed by atoms with Gasteiger partial charge >= 0.3 is 12.0 Å². The molecule has 0 radical (unpaired) electrons. The van der Waals surface area contributed by atoms with Crippen LogP contribution in [-0.2, 0) is 15.6 Å². The maximum Gasteiger partial charge on any atom is 0.315 e. The van der Waals surface area contributed by atoms with Crippen molar-refractivity contribution in [2.75, 3.05) is 18.6 Å². The second kappa shape index (κ2) is 7.15. The Morgan fingerprint density at radius 2 is 2.17 bits per heavy atom. The molecule has 0 aromatic rings. The van der Waals surface area contributed by atoms with Gasteiger partial charge in [-0.1, -0.05) is 12.2 Å². The molecule has 1 rings (SSSR count). The van der Waals surface area contributed by atoms with Gasteiger partial charge in [0, 0.05) is 29.4 Å². The lowest BCUT2D eigenvalue weighted by Crippen LogP contribution is -2.41. The molecule has 2 amide bonds. The topological polar surface area (TPSA) is 95.5 Å². The van der Waals surface area contributed by atoms with Gasteiger partial charge < -0.3 is 15.7 Å². The van der Waals surface area contributed by atoms with Gasteiger partial charge in [-0.15, -0.1) is 0 Å². The third-order valence-electron chi connectivity index (χ3n) is 2.61. The van der Waals surface area contributed by atoms with Crippen LogP contribution in [0.5, 0.6) is 0 Å². The molecular weight excluding hydrogens is 256 g/mol. The van der Waals surface area contributed by atoms with Gasteiger partial charge in [-0.3, -0.25) is 9.00 Å². The number of hydrogen-bond donors (Lipinski definition) is 3. The minimum Gasteiger partial charge on any atom is -0.481 e. The van der Waals surface area contributed by atoms with Gasteiger partial charge in [-0.2, -0.15) is 0 Å². The first-order valence-corrected chi connectivity index (χ1v) is 7.47.